The van der Waals surface area contributed by atoms with Crippen molar-refractivity contribution < 1.29 is 5.11 Å². The van der Waals surface area contributed by atoms with Gasteiger partial charge < -0.3 is 5.11 Å². The summed E-state index contributed by atoms with van der Waals surface area (Å²) in [5, 5.41) is 9.19. The van der Waals surface area contributed by atoms with E-state index in [0.29, 0.717) is 5.41 Å². The summed E-state index contributed by atoms with van der Waals surface area (Å²) < 4.78 is 0. The summed E-state index contributed by atoms with van der Waals surface area (Å²) in [6.45, 7) is 7.30. The van der Waals surface area contributed by atoms with E-state index in [4.69, 9.17) is 0 Å². The van der Waals surface area contributed by atoms with Crippen LogP contribution in [0.3, 0.4) is 0 Å². The lowest BCUT2D eigenvalue weighted by Gasteiger charge is -2.38. The van der Waals surface area contributed by atoms with E-state index in [1.807, 2.05) is 0 Å². The summed E-state index contributed by atoms with van der Waals surface area (Å²) in [5.41, 5.74) is 1.76. The molecule has 0 heterocycles. The van der Waals surface area contributed by atoms with Crippen LogP contribution in [-0.4, -0.2) is 11.7 Å². The molecule has 0 aromatic carbocycles. The monoisotopic (exact) mass is 222 g/mol. The van der Waals surface area contributed by atoms with Crippen LogP contribution in [0.15, 0.2) is 11.6 Å². The Bertz CT molecular complexity index is 271. The molecule has 2 rings (SSSR count). The lowest BCUT2D eigenvalue weighted by molar-refractivity contribution is 0.124. The minimum atomic E-state index is 0.248. The van der Waals surface area contributed by atoms with Crippen molar-refractivity contribution in [3.05, 3.63) is 11.6 Å². The van der Waals surface area contributed by atoms with Crippen LogP contribution in [0.1, 0.15) is 52.9 Å². The third-order valence-corrected chi connectivity index (χ3v) is 5.37. The van der Waals surface area contributed by atoms with Gasteiger partial charge in [-0.3, -0.25) is 0 Å². The topological polar surface area (TPSA) is 20.2 Å². The zero-order valence-electron chi connectivity index (χ0n) is 11.0. The largest absolute Gasteiger partial charge is 0.392 e. The predicted octanol–water partition coefficient (Wildman–Crippen LogP) is 3.78. The molecule has 2 aliphatic carbocycles. The molecule has 0 spiro atoms. The summed E-state index contributed by atoms with van der Waals surface area (Å²) in [6.07, 6.45) is 8.88. The van der Waals surface area contributed by atoms with Gasteiger partial charge >= 0.3 is 0 Å². The molecule has 2 aliphatic rings. The Hall–Kier alpha value is -0.300. The number of aliphatic hydroxyl groups is 1. The second kappa shape index (κ2) is 4.52. The Balaban J connectivity index is 2.02. The number of hydrogen-bond acceptors (Lipinski definition) is 1. The molecule has 0 amide bonds. The highest BCUT2D eigenvalue weighted by Crippen LogP contribution is 2.60. The van der Waals surface area contributed by atoms with E-state index in [1.165, 1.54) is 31.3 Å². The zero-order valence-corrected chi connectivity index (χ0v) is 11.0. The first-order chi connectivity index (χ1) is 7.59. The van der Waals surface area contributed by atoms with Crippen LogP contribution in [0.4, 0.5) is 0 Å². The second-order valence-corrected chi connectivity index (χ2v) is 6.31. The van der Waals surface area contributed by atoms with Gasteiger partial charge in [-0.25, -0.2) is 0 Å². The van der Waals surface area contributed by atoms with E-state index in [9.17, 15) is 5.11 Å². The van der Waals surface area contributed by atoms with Crippen LogP contribution in [0, 0.1) is 23.2 Å². The molecule has 1 heteroatoms. The Labute approximate surface area is 99.9 Å². The third kappa shape index (κ3) is 1.95. The van der Waals surface area contributed by atoms with E-state index in [0.717, 1.165) is 24.2 Å². The molecule has 92 valence electrons. The van der Waals surface area contributed by atoms with Crippen molar-refractivity contribution in [1.29, 1.82) is 0 Å². The van der Waals surface area contributed by atoms with Gasteiger partial charge in [0.25, 0.3) is 0 Å². The molecular weight excluding hydrogens is 196 g/mol. The molecule has 2 bridgehead atoms. The standard InChI is InChI=1S/C15H26O/c1-4-11(10-16)5-8-14-12-6-7-13(9-12)15(14,2)3/h5,12-14,16H,4,6-10H2,1-3H3. The third-order valence-electron chi connectivity index (χ3n) is 5.37. The SMILES string of the molecule is CCC(=CCC1C2CCC(C2)C1(C)C)CO. The molecule has 1 nitrogen and oxygen atoms in total. The fourth-order valence-corrected chi connectivity index (χ4v) is 4.08. The fourth-order valence-electron chi connectivity index (χ4n) is 4.08. The first-order valence-corrected chi connectivity index (χ1v) is 6.88. The molecule has 0 aromatic rings. The molecule has 2 saturated carbocycles. The van der Waals surface area contributed by atoms with Crippen molar-refractivity contribution in [3.8, 4) is 0 Å². The lowest BCUT2D eigenvalue weighted by atomic mass is 9.67. The predicted molar refractivity (Wildman–Crippen MR) is 68.2 cm³/mol. The average molecular weight is 222 g/mol. The highest BCUT2D eigenvalue weighted by atomic mass is 16.3. The summed E-state index contributed by atoms with van der Waals surface area (Å²) >= 11 is 0. The van der Waals surface area contributed by atoms with Crippen molar-refractivity contribution in [2.24, 2.45) is 23.2 Å². The van der Waals surface area contributed by atoms with Gasteiger partial charge in [-0.05, 0) is 60.8 Å². The summed E-state index contributed by atoms with van der Waals surface area (Å²) in [4.78, 5) is 0. The maximum absolute atomic E-state index is 9.19. The highest BCUT2D eigenvalue weighted by Gasteiger charge is 2.51. The molecule has 16 heavy (non-hydrogen) atoms. The first-order valence-electron chi connectivity index (χ1n) is 6.88. The molecular formula is C15H26O. The molecule has 2 fully saturated rings. The van der Waals surface area contributed by atoms with E-state index < -0.39 is 0 Å². The van der Waals surface area contributed by atoms with E-state index in [1.54, 1.807) is 0 Å². The van der Waals surface area contributed by atoms with Crippen LogP contribution in [0.25, 0.3) is 0 Å². The molecule has 3 unspecified atom stereocenters. The zero-order chi connectivity index (χ0) is 11.8. The quantitative estimate of drug-likeness (QED) is 0.718. The smallest absolute Gasteiger partial charge is 0.0641 e. The number of hydrogen-bond donors (Lipinski definition) is 1. The van der Waals surface area contributed by atoms with E-state index >= 15 is 0 Å². The number of aliphatic hydroxyl groups excluding tert-OH is 1. The van der Waals surface area contributed by atoms with Crippen LogP contribution >= 0.6 is 0 Å². The molecule has 3 atom stereocenters. The first kappa shape index (κ1) is 12.2. The molecule has 0 radical (unpaired) electrons. The van der Waals surface area contributed by atoms with Gasteiger partial charge in [0.15, 0.2) is 0 Å². The van der Waals surface area contributed by atoms with E-state index in [2.05, 4.69) is 26.8 Å². The average Bonchev–Trinajstić information content (AvgIpc) is 2.80. The lowest BCUT2D eigenvalue weighted by Crippen LogP contribution is -2.30. The fraction of sp³-hybridized carbons (Fsp3) is 0.867. The van der Waals surface area contributed by atoms with Gasteiger partial charge in [0.1, 0.15) is 0 Å². The summed E-state index contributed by atoms with van der Waals surface area (Å²) in [5.74, 6) is 2.79. The summed E-state index contributed by atoms with van der Waals surface area (Å²) in [7, 11) is 0. The Kier molecular flexibility index (Phi) is 3.44. The van der Waals surface area contributed by atoms with Crippen molar-refractivity contribution in [3.63, 3.8) is 0 Å². The van der Waals surface area contributed by atoms with Gasteiger partial charge in [0.05, 0.1) is 6.61 Å². The van der Waals surface area contributed by atoms with Crippen molar-refractivity contribution in [2.75, 3.05) is 6.61 Å². The Morgan fingerprint density at radius 1 is 1.38 bits per heavy atom. The van der Waals surface area contributed by atoms with Crippen molar-refractivity contribution in [1.82, 2.24) is 0 Å². The number of fused-ring (bicyclic) bond motifs is 2. The molecule has 1 N–H and O–H groups in total. The van der Waals surface area contributed by atoms with Crippen LogP contribution in [0.5, 0.6) is 0 Å². The minimum Gasteiger partial charge on any atom is -0.392 e. The Morgan fingerprint density at radius 2 is 2.12 bits per heavy atom. The van der Waals surface area contributed by atoms with Gasteiger partial charge in [0.2, 0.25) is 0 Å². The molecule has 0 aromatic heterocycles. The minimum absolute atomic E-state index is 0.248. The highest BCUT2D eigenvalue weighted by molar-refractivity contribution is 5.08. The second-order valence-electron chi connectivity index (χ2n) is 6.31. The molecule has 0 saturated heterocycles. The van der Waals surface area contributed by atoms with Gasteiger partial charge in [-0.2, -0.15) is 0 Å². The summed E-state index contributed by atoms with van der Waals surface area (Å²) in [6, 6.07) is 0. The van der Waals surface area contributed by atoms with Gasteiger partial charge in [-0.15, -0.1) is 0 Å². The Morgan fingerprint density at radius 3 is 2.62 bits per heavy atom. The maximum Gasteiger partial charge on any atom is 0.0641 e. The van der Waals surface area contributed by atoms with Crippen LogP contribution in [-0.2, 0) is 0 Å². The van der Waals surface area contributed by atoms with Crippen LogP contribution in [0.2, 0.25) is 0 Å². The number of allylic oxidation sites excluding steroid dienone is 1. The van der Waals surface area contributed by atoms with Crippen LogP contribution < -0.4 is 0 Å². The van der Waals surface area contributed by atoms with Crippen molar-refractivity contribution >= 4 is 0 Å². The van der Waals surface area contributed by atoms with Gasteiger partial charge in [0, 0.05) is 0 Å². The number of rotatable bonds is 4. The molecule has 0 aliphatic heterocycles. The van der Waals surface area contributed by atoms with Gasteiger partial charge in [-0.1, -0.05) is 26.8 Å². The maximum atomic E-state index is 9.19. The normalized spacial score (nSPS) is 37.0. The van der Waals surface area contributed by atoms with Crippen molar-refractivity contribution in [2.45, 2.75) is 52.9 Å². The van der Waals surface area contributed by atoms with E-state index in [-0.39, 0.29) is 6.61 Å².